The first-order valence-corrected chi connectivity index (χ1v) is 8.56. The third-order valence-electron chi connectivity index (χ3n) is 3.66. The topological polar surface area (TPSA) is 96.5 Å². The second-order valence-electron chi connectivity index (χ2n) is 5.94. The van der Waals surface area contributed by atoms with Gasteiger partial charge in [-0.15, -0.1) is 0 Å². The number of aryl methyl sites for hydroxylation is 1. The number of rotatable bonds is 8. The first-order valence-electron chi connectivity index (χ1n) is 8.56. The molecule has 27 heavy (non-hydrogen) atoms. The SMILES string of the molecule is Cc1ccc(CNC(=O)NCC(=O)NCC(=O)OCc2ccccc2)cc1. The van der Waals surface area contributed by atoms with E-state index in [4.69, 9.17) is 4.74 Å². The highest BCUT2D eigenvalue weighted by molar-refractivity contribution is 5.86. The van der Waals surface area contributed by atoms with Gasteiger partial charge in [-0.2, -0.15) is 0 Å². The molecule has 0 spiro atoms. The first kappa shape index (κ1) is 20.0. The Morgan fingerprint density at radius 3 is 2.22 bits per heavy atom. The summed E-state index contributed by atoms with van der Waals surface area (Å²) in [6.45, 7) is 2.01. The van der Waals surface area contributed by atoms with Gasteiger partial charge in [0.1, 0.15) is 13.2 Å². The molecule has 142 valence electrons. The van der Waals surface area contributed by atoms with E-state index >= 15 is 0 Å². The summed E-state index contributed by atoms with van der Waals surface area (Å²) in [6, 6.07) is 16.5. The number of ether oxygens (including phenoxy) is 1. The molecule has 0 aliphatic rings. The van der Waals surface area contributed by atoms with Crippen LogP contribution in [0.1, 0.15) is 16.7 Å². The van der Waals surface area contributed by atoms with Gasteiger partial charge >= 0.3 is 12.0 Å². The Bertz CT molecular complexity index is 761. The van der Waals surface area contributed by atoms with Crippen LogP contribution in [-0.4, -0.2) is 31.0 Å². The molecule has 3 amide bonds. The molecule has 7 nitrogen and oxygen atoms in total. The molecule has 0 fully saturated rings. The lowest BCUT2D eigenvalue weighted by atomic mass is 10.1. The van der Waals surface area contributed by atoms with E-state index in [1.165, 1.54) is 0 Å². The summed E-state index contributed by atoms with van der Waals surface area (Å²) in [5.74, 6) is -1.02. The summed E-state index contributed by atoms with van der Waals surface area (Å²) in [6.07, 6.45) is 0. The lowest BCUT2D eigenvalue weighted by Gasteiger charge is -2.09. The zero-order chi connectivity index (χ0) is 19.5. The summed E-state index contributed by atoms with van der Waals surface area (Å²) >= 11 is 0. The average Bonchev–Trinajstić information content (AvgIpc) is 2.69. The highest BCUT2D eigenvalue weighted by atomic mass is 16.5. The zero-order valence-electron chi connectivity index (χ0n) is 15.2. The Morgan fingerprint density at radius 2 is 1.52 bits per heavy atom. The minimum atomic E-state index is -0.545. The van der Waals surface area contributed by atoms with E-state index in [0.29, 0.717) is 6.54 Å². The maximum atomic E-state index is 11.7. The van der Waals surface area contributed by atoms with Gasteiger partial charge in [0.25, 0.3) is 0 Å². The van der Waals surface area contributed by atoms with Crippen molar-refractivity contribution in [1.82, 2.24) is 16.0 Å². The van der Waals surface area contributed by atoms with Crippen molar-refractivity contribution in [3.8, 4) is 0 Å². The molecule has 0 aromatic heterocycles. The van der Waals surface area contributed by atoms with Gasteiger partial charge < -0.3 is 20.7 Å². The smallest absolute Gasteiger partial charge is 0.325 e. The van der Waals surface area contributed by atoms with Crippen LogP contribution in [0.25, 0.3) is 0 Å². The fourth-order valence-corrected chi connectivity index (χ4v) is 2.13. The molecule has 7 heteroatoms. The van der Waals surface area contributed by atoms with Crippen molar-refractivity contribution in [2.75, 3.05) is 13.1 Å². The number of benzene rings is 2. The van der Waals surface area contributed by atoms with Crippen LogP contribution in [0.5, 0.6) is 0 Å². The number of hydrogen-bond donors (Lipinski definition) is 3. The van der Waals surface area contributed by atoms with Crippen LogP contribution >= 0.6 is 0 Å². The molecule has 2 aromatic rings. The predicted octanol–water partition coefficient (Wildman–Crippen LogP) is 1.65. The molecule has 0 aliphatic heterocycles. The number of nitrogens with one attached hydrogen (secondary N) is 3. The van der Waals surface area contributed by atoms with E-state index in [1.807, 2.05) is 61.5 Å². The molecule has 0 atom stereocenters. The minimum Gasteiger partial charge on any atom is -0.460 e. The molecule has 0 aliphatic carbocycles. The number of amides is 3. The zero-order valence-corrected chi connectivity index (χ0v) is 15.2. The van der Waals surface area contributed by atoms with Gasteiger partial charge in [-0.25, -0.2) is 4.79 Å². The van der Waals surface area contributed by atoms with E-state index in [9.17, 15) is 14.4 Å². The van der Waals surface area contributed by atoms with Crippen molar-refractivity contribution in [3.05, 3.63) is 71.3 Å². The monoisotopic (exact) mass is 369 g/mol. The van der Waals surface area contributed by atoms with Crippen molar-refractivity contribution in [1.29, 1.82) is 0 Å². The van der Waals surface area contributed by atoms with Crippen molar-refractivity contribution in [2.24, 2.45) is 0 Å². The Morgan fingerprint density at radius 1 is 0.815 bits per heavy atom. The van der Waals surface area contributed by atoms with Crippen molar-refractivity contribution < 1.29 is 19.1 Å². The molecule has 0 bridgehead atoms. The molecule has 0 unspecified atom stereocenters. The summed E-state index contributed by atoms with van der Waals surface area (Å²) in [5.41, 5.74) is 2.97. The van der Waals surface area contributed by atoms with E-state index in [-0.39, 0.29) is 19.7 Å². The van der Waals surface area contributed by atoms with E-state index in [0.717, 1.165) is 16.7 Å². The summed E-state index contributed by atoms with van der Waals surface area (Å²) < 4.78 is 5.05. The Balaban J connectivity index is 1.57. The van der Waals surface area contributed by atoms with E-state index in [1.54, 1.807) is 0 Å². The van der Waals surface area contributed by atoms with Crippen LogP contribution in [0.3, 0.4) is 0 Å². The van der Waals surface area contributed by atoms with Gasteiger partial charge in [0.15, 0.2) is 0 Å². The lowest BCUT2D eigenvalue weighted by molar-refractivity contribution is -0.145. The highest BCUT2D eigenvalue weighted by Gasteiger charge is 2.08. The normalized spacial score (nSPS) is 9.96. The van der Waals surface area contributed by atoms with Crippen LogP contribution in [0.2, 0.25) is 0 Å². The third-order valence-corrected chi connectivity index (χ3v) is 3.66. The van der Waals surface area contributed by atoms with Gasteiger partial charge in [0.05, 0.1) is 6.54 Å². The second kappa shape index (κ2) is 10.6. The molecule has 2 aromatic carbocycles. The number of carbonyl (C=O) groups excluding carboxylic acids is 3. The minimum absolute atomic E-state index is 0.148. The van der Waals surface area contributed by atoms with Crippen LogP contribution in [0.15, 0.2) is 54.6 Å². The standard InChI is InChI=1S/C20H23N3O4/c1-15-7-9-16(10-8-15)11-22-20(26)23-12-18(24)21-13-19(25)27-14-17-5-3-2-4-6-17/h2-10H,11-14H2,1H3,(H,21,24)(H2,22,23,26). The Hall–Kier alpha value is -3.35. The van der Waals surface area contributed by atoms with Gasteiger partial charge in [-0.05, 0) is 18.1 Å². The van der Waals surface area contributed by atoms with Crippen molar-refractivity contribution in [3.63, 3.8) is 0 Å². The largest absolute Gasteiger partial charge is 0.460 e. The number of hydrogen-bond acceptors (Lipinski definition) is 4. The summed E-state index contributed by atoms with van der Waals surface area (Å²) in [7, 11) is 0. The molecular formula is C20H23N3O4. The fourth-order valence-electron chi connectivity index (χ4n) is 2.13. The van der Waals surface area contributed by atoms with Crippen LogP contribution in [0, 0.1) is 6.92 Å². The number of esters is 1. The predicted molar refractivity (Wildman–Crippen MR) is 101 cm³/mol. The quantitative estimate of drug-likeness (QED) is 0.617. The molecule has 2 rings (SSSR count). The summed E-state index contributed by atoms with van der Waals surface area (Å²) in [5, 5.41) is 7.48. The molecular weight excluding hydrogens is 346 g/mol. The number of carbonyl (C=O) groups is 3. The third kappa shape index (κ3) is 8.04. The summed E-state index contributed by atoms with van der Waals surface area (Å²) in [4.78, 5) is 35.0. The van der Waals surface area contributed by atoms with Gasteiger partial charge in [0.2, 0.25) is 5.91 Å². The van der Waals surface area contributed by atoms with Gasteiger partial charge in [-0.3, -0.25) is 9.59 Å². The second-order valence-corrected chi connectivity index (χ2v) is 5.94. The Kier molecular flexibility index (Phi) is 7.84. The maximum absolute atomic E-state index is 11.7. The van der Waals surface area contributed by atoms with Crippen LogP contribution in [0.4, 0.5) is 4.79 Å². The van der Waals surface area contributed by atoms with Crippen molar-refractivity contribution in [2.45, 2.75) is 20.1 Å². The van der Waals surface area contributed by atoms with Gasteiger partial charge in [0, 0.05) is 6.54 Å². The molecule has 0 saturated heterocycles. The Labute approximate surface area is 158 Å². The maximum Gasteiger partial charge on any atom is 0.325 e. The van der Waals surface area contributed by atoms with Crippen LogP contribution < -0.4 is 16.0 Å². The van der Waals surface area contributed by atoms with Gasteiger partial charge in [-0.1, -0.05) is 60.2 Å². The first-order chi connectivity index (χ1) is 13.0. The molecule has 0 radical (unpaired) electrons. The molecule has 3 N–H and O–H groups in total. The number of urea groups is 1. The average molecular weight is 369 g/mol. The van der Waals surface area contributed by atoms with E-state index < -0.39 is 17.9 Å². The fraction of sp³-hybridized carbons (Fsp3) is 0.250. The van der Waals surface area contributed by atoms with E-state index in [2.05, 4.69) is 16.0 Å². The van der Waals surface area contributed by atoms with Crippen LogP contribution in [-0.2, 0) is 27.5 Å². The molecule has 0 heterocycles. The lowest BCUT2D eigenvalue weighted by Crippen LogP contribution is -2.43. The molecule has 0 saturated carbocycles. The highest BCUT2D eigenvalue weighted by Crippen LogP contribution is 2.02. The van der Waals surface area contributed by atoms with Crippen molar-refractivity contribution >= 4 is 17.9 Å².